The van der Waals surface area contributed by atoms with Gasteiger partial charge in [0.25, 0.3) is 0 Å². The summed E-state index contributed by atoms with van der Waals surface area (Å²) >= 11 is 5.00. The molecule has 0 aliphatic heterocycles. The van der Waals surface area contributed by atoms with Gasteiger partial charge in [0.2, 0.25) is 0 Å². The van der Waals surface area contributed by atoms with E-state index < -0.39 is 6.36 Å². The maximum Gasteiger partial charge on any atom is 0.573 e. The van der Waals surface area contributed by atoms with Crippen LogP contribution in [0.5, 0.6) is 5.75 Å². The highest BCUT2D eigenvalue weighted by Crippen LogP contribution is 2.33. The van der Waals surface area contributed by atoms with Crippen molar-refractivity contribution >= 4 is 27.7 Å². The second-order valence-electron chi connectivity index (χ2n) is 5.98. The van der Waals surface area contributed by atoms with Crippen molar-refractivity contribution in [1.29, 1.82) is 0 Å². The van der Waals surface area contributed by atoms with Gasteiger partial charge in [0.15, 0.2) is 5.16 Å². The van der Waals surface area contributed by atoms with Crippen LogP contribution in [0.15, 0.2) is 64.4 Å². The molecule has 0 aliphatic carbocycles. The molecule has 0 bridgehead atoms. The molecule has 0 saturated carbocycles. The Labute approximate surface area is 167 Å². The maximum absolute atomic E-state index is 12.4. The molecule has 1 heterocycles. The molecule has 0 spiro atoms. The molecule has 0 aliphatic rings. The fourth-order valence-corrected chi connectivity index (χ4v) is 3.61. The SMILES string of the molecule is CC(C)Sc1ncc(-c2ccc(Br)cc2)n1-c1ccc(OC(F)(F)F)cc1. The highest BCUT2D eigenvalue weighted by Gasteiger charge is 2.31. The molecule has 1 aromatic heterocycles. The molecule has 8 heteroatoms. The standard InChI is InChI=1S/C19H16BrF3N2OS/c1-12(2)27-18-24-11-17(13-3-5-14(20)6-4-13)25(18)15-7-9-16(10-8-15)26-19(21,22)23/h3-12H,1-2H3. The van der Waals surface area contributed by atoms with E-state index in [1.807, 2.05) is 28.8 Å². The van der Waals surface area contributed by atoms with E-state index in [2.05, 4.69) is 39.5 Å². The molecule has 0 amide bonds. The van der Waals surface area contributed by atoms with Gasteiger partial charge in [-0.05, 0) is 36.4 Å². The van der Waals surface area contributed by atoms with Gasteiger partial charge in [-0.2, -0.15) is 0 Å². The summed E-state index contributed by atoms with van der Waals surface area (Å²) in [5.74, 6) is -0.255. The Morgan fingerprint density at radius 3 is 2.22 bits per heavy atom. The Kier molecular flexibility index (Phi) is 5.86. The van der Waals surface area contributed by atoms with E-state index in [1.165, 1.54) is 12.1 Å². The van der Waals surface area contributed by atoms with E-state index in [-0.39, 0.29) is 5.75 Å². The minimum atomic E-state index is -4.71. The summed E-state index contributed by atoms with van der Waals surface area (Å²) < 4.78 is 44.0. The number of halogens is 4. The zero-order valence-electron chi connectivity index (χ0n) is 14.5. The molecule has 0 N–H and O–H groups in total. The van der Waals surface area contributed by atoms with Gasteiger partial charge >= 0.3 is 6.36 Å². The fraction of sp³-hybridized carbons (Fsp3) is 0.211. The van der Waals surface area contributed by atoms with Gasteiger partial charge in [0.1, 0.15) is 5.75 Å². The van der Waals surface area contributed by atoms with Crippen molar-refractivity contribution in [2.24, 2.45) is 0 Å². The van der Waals surface area contributed by atoms with Crippen LogP contribution < -0.4 is 4.74 Å². The summed E-state index contributed by atoms with van der Waals surface area (Å²) in [5.41, 5.74) is 2.52. The summed E-state index contributed by atoms with van der Waals surface area (Å²) in [7, 11) is 0. The van der Waals surface area contributed by atoms with Crippen molar-refractivity contribution in [3.05, 3.63) is 59.2 Å². The van der Waals surface area contributed by atoms with Gasteiger partial charge in [-0.15, -0.1) is 13.2 Å². The van der Waals surface area contributed by atoms with E-state index in [0.717, 1.165) is 20.9 Å². The van der Waals surface area contributed by atoms with Crippen LogP contribution in [0.25, 0.3) is 16.9 Å². The van der Waals surface area contributed by atoms with Crippen molar-refractivity contribution in [2.75, 3.05) is 0 Å². The van der Waals surface area contributed by atoms with Crippen LogP contribution in [0.1, 0.15) is 13.8 Å². The number of nitrogens with zero attached hydrogens (tertiary/aromatic N) is 2. The third kappa shape index (κ3) is 5.07. The first-order valence-electron chi connectivity index (χ1n) is 8.09. The van der Waals surface area contributed by atoms with Gasteiger partial charge in [-0.25, -0.2) is 4.98 Å². The fourth-order valence-electron chi connectivity index (χ4n) is 2.50. The number of ether oxygens (including phenoxy) is 1. The van der Waals surface area contributed by atoms with Crippen LogP contribution in [0.2, 0.25) is 0 Å². The predicted molar refractivity (Wildman–Crippen MR) is 104 cm³/mol. The number of hydrogen-bond acceptors (Lipinski definition) is 3. The van der Waals surface area contributed by atoms with Crippen LogP contribution in [0, 0.1) is 0 Å². The maximum atomic E-state index is 12.4. The van der Waals surface area contributed by atoms with Gasteiger partial charge in [0, 0.05) is 21.0 Å². The average molecular weight is 457 g/mol. The van der Waals surface area contributed by atoms with Gasteiger partial charge < -0.3 is 4.74 Å². The molecular formula is C19H16BrF3N2OS. The summed E-state index contributed by atoms with van der Waals surface area (Å²) in [6, 6.07) is 13.6. The summed E-state index contributed by atoms with van der Waals surface area (Å²) in [6.45, 7) is 4.12. The van der Waals surface area contributed by atoms with Gasteiger partial charge in [-0.3, -0.25) is 4.57 Å². The first-order chi connectivity index (χ1) is 12.7. The Morgan fingerprint density at radius 2 is 1.67 bits per heavy atom. The number of benzene rings is 2. The third-order valence-electron chi connectivity index (χ3n) is 3.54. The molecule has 0 unspecified atom stereocenters. The highest BCUT2D eigenvalue weighted by atomic mass is 79.9. The zero-order valence-corrected chi connectivity index (χ0v) is 16.9. The Bertz CT molecular complexity index is 906. The Balaban J connectivity index is 2.04. The number of aromatic nitrogens is 2. The van der Waals surface area contributed by atoms with Gasteiger partial charge in [0.05, 0.1) is 11.9 Å². The largest absolute Gasteiger partial charge is 0.573 e. The van der Waals surface area contributed by atoms with Crippen LogP contribution in [-0.2, 0) is 0 Å². The lowest BCUT2D eigenvalue weighted by atomic mass is 10.1. The molecule has 3 aromatic rings. The second-order valence-corrected chi connectivity index (χ2v) is 8.44. The molecule has 3 rings (SSSR count). The number of rotatable bonds is 5. The van der Waals surface area contributed by atoms with Crippen LogP contribution in [-0.4, -0.2) is 21.2 Å². The van der Waals surface area contributed by atoms with Crippen molar-refractivity contribution in [3.63, 3.8) is 0 Å². The zero-order chi connectivity index (χ0) is 19.6. The molecule has 2 aromatic carbocycles. The quantitative estimate of drug-likeness (QED) is 0.399. The third-order valence-corrected chi connectivity index (χ3v) is 5.04. The number of hydrogen-bond donors (Lipinski definition) is 0. The summed E-state index contributed by atoms with van der Waals surface area (Å²) in [5, 5.41) is 1.07. The summed E-state index contributed by atoms with van der Waals surface area (Å²) in [4.78, 5) is 4.52. The Hall–Kier alpha value is -1.93. The molecule has 0 fully saturated rings. The van der Waals surface area contributed by atoms with E-state index in [4.69, 9.17) is 0 Å². The van der Waals surface area contributed by atoms with E-state index >= 15 is 0 Å². The molecule has 142 valence electrons. The summed E-state index contributed by atoms with van der Waals surface area (Å²) in [6.07, 6.45) is -2.94. The van der Waals surface area contributed by atoms with Crippen molar-refractivity contribution in [2.45, 2.75) is 30.6 Å². The molecule has 0 radical (unpaired) electrons. The van der Waals surface area contributed by atoms with Crippen molar-refractivity contribution in [1.82, 2.24) is 9.55 Å². The molecule has 3 nitrogen and oxygen atoms in total. The van der Waals surface area contributed by atoms with Crippen molar-refractivity contribution < 1.29 is 17.9 Å². The van der Waals surface area contributed by atoms with Crippen molar-refractivity contribution in [3.8, 4) is 22.7 Å². The first kappa shape index (κ1) is 19.8. The van der Waals surface area contributed by atoms with Gasteiger partial charge in [-0.1, -0.05) is 53.7 Å². The smallest absolute Gasteiger partial charge is 0.406 e. The number of alkyl halides is 3. The minimum Gasteiger partial charge on any atom is -0.406 e. The Morgan fingerprint density at radius 1 is 1.04 bits per heavy atom. The highest BCUT2D eigenvalue weighted by molar-refractivity contribution is 9.10. The first-order valence-corrected chi connectivity index (χ1v) is 9.77. The monoisotopic (exact) mass is 456 g/mol. The van der Waals surface area contributed by atoms with Crippen LogP contribution in [0.3, 0.4) is 0 Å². The molecule has 0 saturated heterocycles. The lowest BCUT2D eigenvalue weighted by Gasteiger charge is -2.14. The van der Waals surface area contributed by atoms with Crippen LogP contribution >= 0.6 is 27.7 Å². The number of thioether (sulfide) groups is 1. The lowest BCUT2D eigenvalue weighted by Crippen LogP contribution is -2.17. The van der Waals surface area contributed by atoms with E-state index in [0.29, 0.717) is 10.9 Å². The van der Waals surface area contributed by atoms with E-state index in [9.17, 15) is 13.2 Å². The molecule has 27 heavy (non-hydrogen) atoms. The number of imidazole rings is 1. The van der Waals surface area contributed by atoms with Crippen LogP contribution in [0.4, 0.5) is 13.2 Å². The molecular weight excluding hydrogens is 441 g/mol. The second kappa shape index (κ2) is 7.98. The average Bonchev–Trinajstić information content (AvgIpc) is 2.97. The topological polar surface area (TPSA) is 27.1 Å². The lowest BCUT2D eigenvalue weighted by molar-refractivity contribution is -0.274. The normalized spacial score (nSPS) is 11.8. The van der Waals surface area contributed by atoms with E-state index in [1.54, 1.807) is 30.1 Å². The predicted octanol–water partition coefficient (Wildman–Crippen LogP) is 6.70. The molecule has 0 atom stereocenters. The minimum absolute atomic E-state index is 0.255.